The fourth-order valence-corrected chi connectivity index (χ4v) is 3.45. The van der Waals surface area contributed by atoms with Crippen LogP contribution in [0.3, 0.4) is 0 Å². The van der Waals surface area contributed by atoms with E-state index in [1.807, 2.05) is 0 Å². The number of carbonyl (C=O) groups is 1. The zero-order valence-electron chi connectivity index (χ0n) is 11.3. The summed E-state index contributed by atoms with van der Waals surface area (Å²) in [5, 5.41) is -1.07. The lowest BCUT2D eigenvalue weighted by Gasteiger charge is -2.23. The molecule has 23 heavy (non-hydrogen) atoms. The Morgan fingerprint density at radius 1 is 1.00 bits per heavy atom. The molecule has 0 unspecified atom stereocenters. The monoisotopic (exact) mass is 363 g/mol. The third-order valence-electron chi connectivity index (χ3n) is 2.85. The fraction of sp³-hybridized carbons (Fsp3) is 0.0714. The minimum Gasteiger partial charge on any atom is -0.279 e. The molecule has 0 N–H and O–H groups in total. The van der Waals surface area contributed by atoms with Gasteiger partial charge in [-0.15, -0.1) is 0 Å². The van der Waals surface area contributed by atoms with Crippen LogP contribution in [0, 0.1) is 17.5 Å². The summed E-state index contributed by atoms with van der Waals surface area (Å²) in [6.45, 7) is -0.871. The van der Waals surface area contributed by atoms with E-state index in [1.54, 1.807) is 0 Å². The van der Waals surface area contributed by atoms with E-state index in [9.17, 15) is 26.4 Å². The van der Waals surface area contributed by atoms with Gasteiger partial charge in [-0.1, -0.05) is 0 Å². The molecule has 0 bridgehead atoms. The summed E-state index contributed by atoms with van der Waals surface area (Å²) in [6.07, 6.45) is 0. The van der Waals surface area contributed by atoms with E-state index in [0.29, 0.717) is 10.4 Å². The van der Waals surface area contributed by atoms with Gasteiger partial charge < -0.3 is 0 Å². The Bertz CT molecular complexity index is 841. The average molecular weight is 364 g/mol. The highest BCUT2D eigenvalue weighted by molar-refractivity contribution is 7.92. The maximum absolute atomic E-state index is 13.9. The van der Waals surface area contributed by atoms with E-state index >= 15 is 0 Å². The quantitative estimate of drug-likeness (QED) is 0.767. The van der Waals surface area contributed by atoms with Gasteiger partial charge in [-0.2, -0.15) is 0 Å². The number of carbonyl (C=O) groups excluding carboxylic acids is 1. The molecule has 0 aliphatic carbocycles. The highest BCUT2D eigenvalue weighted by Gasteiger charge is 2.29. The first-order chi connectivity index (χ1) is 10.7. The number of halogens is 4. The molecule has 0 amide bonds. The van der Waals surface area contributed by atoms with Crippen LogP contribution in [0.4, 0.5) is 18.9 Å². The van der Waals surface area contributed by atoms with E-state index < -0.39 is 44.9 Å². The minimum absolute atomic E-state index is 0.374. The number of benzene rings is 2. The van der Waals surface area contributed by atoms with Crippen LogP contribution in [-0.2, 0) is 14.8 Å². The molecule has 0 aromatic heterocycles. The Morgan fingerprint density at radius 2 is 1.57 bits per heavy atom. The van der Waals surface area contributed by atoms with Gasteiger partial charge in [0.15, 0.2) is 0 Å². The highest BCUT2D eigenvalue weighted by Crippen LogP contribution is 2.27. The summed E-state index contributed by atoms with van der Waals surface area (Å²) in [5.74, 6) is -2.77. The SMILES string of the molecule is O=C(Cl)CN(c1ccc(F)cc1F)S(=O)(=O)c1ccc(F)cc1. The molecule has 122 valence electrons. The summed E-state index contributed by atoms with van der Waals surface area (Å²) in [5.41, 5.74) is -0.551. The fourth-order valence-electron chi connectivity index (χ4n) is 1.83. The van der Waals surface area contributed by atoms with Gasteiger partial charge in [-0.05, 0) is 48.0 Å². The lowest BCUT2D eigenvalue weighted by atomic mass is 10.3. The first kappa shape index (κ1) is 17.3. The van der Waals surface area contributed by atoms with Crippen LogP contribution in [0.2, 0.25) is 0 Å². The van der Waals surface area contributed by atoms with Crippen molar-refractivity contribution in [3.05, 3.63) is 59.9 Å². The zero-order chi connectivity index (χ0) is 17.2. The molecule has 2 rings (SSSR count). The van der Waals surface area contributed by atoms with Crippen LogP contribution in [0.5, 0.6) is 0 Å². The van der Waals surface area contributed by atoms with Crippen molar-refractivity contribution in [1.82, 2.24) is 0 Å². The molecular formula is C14H9ClF3NO3S. The molecule has 0 aliphatic heterocycles. The van der Waals surface area contributed by atoms with Gasteiger partial charge in [0.25, 0.3) is 10.0 Å². The lowest BCUT2D eigenvalue weighted by molar-refractivity contribution is -0.110. The van der Waals surface area contributed by atoms with Crippen LogP contribution in [0.1, 0.15) is 0 Å². The second-order valence-electron chi connectivity index (χ2n) is 4.42. The number of hydrogen-bond acceptors (Lipinski definition) is 3. The van der Waals surface area contributed by atoms with Crippen molar-refractivity contribution in [3.8, 4) is 0 Å². The Labute approximate surface area is 135 Å². The van der Waals surface area contributed by atoms with Crippen molar-refractivity contribution in [3.63, 3.8) is 0 Å². The Morgan fingerprint density at radius 3 is 2.09 bits per heavy atom. The largest absolute Gasteiger partial charge is 0.279 e. The molecule has 4 nitrogen and oxygen atoms in total. The Balaban J connectivity index is 2.57. The molecule has 0 saturated heterocycles. The first-order valence-corrected chi connectivity index (χ1v) is 7.95. The third-order valence-corrected chi connectivity index (χ3v) is 4.74. The first-order valence-electron chi connectivity index (χ1n) is 6.13. The summed E-state index contributed by atoms with van der Waals surface area (Å²) in [6, 6.07) is 5.88. The number of anilines is 1. The highest BCUT2D eigenvalue weighted by atomic mass is 35.5. The molecule has 0 saturated carbocycles. The molecule has 0 heterocycles. The van der Waals surface area contributed by atoms with Crippen molar-refractivity contribution >= 4 is 32.6 Å². The van der Waals surface area contributed by atoms with Crippen LogP contribution in [0.15, 0.2) is 47.4 Å². The summed E-state index contributed by atoms with van der Waals surface area (Å²) in [4.78, 5) is 10.8. The molecule has 0 spiro atoms. The summed E-state index contributed by atoms with van der Waals surface area (Å²) in [7, 11) is -4.40. The normalized spacial score (nSPS) is 11.3. The Kier molecular flexibility index (Phi) is 4.96. The van der Waals surface area contributed by atoms with E-state index in [0.717, 1.165) is 36.4 Å². The van der Waals surface area contributed by atoms with E-state index in [2.05, 4.69) is 0 Å². The van der Waals surface area contributed by atoms with Gasteiger partial charge in [0, 0.05) is 6.07 Å². The van der Waals surface area contributed by atoms with Crippen molar-refractivity contribution in [2.75, 3.05) is 10.8 Å². The Hall–Kier alpha value is -2.06. The van der Waals surface area contributed by atoms with Crippen molar-refractivity contribution in [2.24, 2.45) is 0 Å². The number of rotatable bonds is 5. The van der Waals surface area contributed by atoms with Crippen LogP contribution in [-0.4, -0.2) is 20.2 Å². The predicted molar refractivity (Wildman–Crippen MR) is 78.1 cm³/mol. The van der Waals surface area contributed by atoms with Gasteiger partial charge in [0.1, 0.15) is 24.0 Å². The number of sulfonamides is 1. The molecule has 0 aliphatic rings. The zero-order valence-corrected chi connectivity index (χ0v) is 12.9. The average Bonchev–Trinajstić information content (AvgIpc) is 2.45. The van der Waals surface area contributed by atoms with Crippen LogP contribution in [0.25, 0.3) is 0 Å². The second kappa shape index (κ2) is 6.59. The van der Waals surface area contributed by atoms with E-state index in [-0.39, 0.29) is 4.90 Å². The van der Waals surface area contributed by atoms with Gasteiger partial charge in [0.05, 0.1) is 10.6 Å². The molecule has 2 aromatic rings. The van der Waals surface area contributed by atoms with Gasteiger partial charge in [-0.3, -0.25) is 9.10 Å². The maximum Gasteiger partial charge on any atom is 0.264 e. The lowest BCUT2D eigenvalue weighted by Crippen LogP contribution is -2.35. The smallest absolute Gasteiger partial charge is 0.264 e. The third kappa shape index (κ3) is 3.83. The molecular weight excluding hydrogens is 355 g/mol. The topological polar surface area (TPSA) is 54.5 Å². The molecule has 0 radical (unpaired) electrons. The number of nitrogens with zero attached hydrogens (tertiary/aromatic N) is 1. The van der Waals surface area contributed by atoms with E-state index in [1.165, 1.54) is 0 Å². The standard InChI is InChI=1S/C14H9ClF3NO3S/c15-14(20)8-19(13-6-3-10(17)7-12(13)18)23(21,22)11-4-1-9(16)2-5-11/h1-7H,8H2. The molecule has 2 aromatic carbocycles. The van der Waals surface area contributed by atoms with Crippen molar-refractivity contribution in [2.45, 2.75) is 4.90 Å². The molecule has 0 atom stereocenters. The van der Waals surface area contributed by atoms with Crippen LogP contribution >= 0.6 is 11.6 Å². The minimum atomic E-state index is -4.40. The van der Waals surface area contributed by atoms with Gasteiger partial charge in [0.2, 0.25) is 5.24 Å². The van der Waals surface area contributed by atoms with Gasteiger partial charge >= 0.3 is 0 Å². The summed E-state index contributed by atoms with van der Waals surface area (Å²) >= 11 is 5.22. The predicted octanol–water partition coefficient (Wildman–Crippen LogP) is 3.06. The van der Waals surface area contributed by atoms with Crippen molar-refractivity contribution in [1.29, 1.82) is 0 Å². The van der Waals surface area contributed by atoms with Crippen molar-refractivity contribution < 1.29 is 26.4 Å². The second-order valence-corrected chi connectivity index (χ2v) is 6.70. The van der Waals surface area contributed by atoms with E-state index in [4.69, 9.17) is 11.6 Å². The molecule has 9 heteroatoms. The summed E-state index contributed by atoms with van der Waals surface area (Å²) < 4.78 is 65.3. The molecule has 0 fully saturated rings. The maximum atomic E-state index is 13.9. The van der Waals surface area contributed by atoms with Crippen LogP contribution < -0.4 is 4.31 Å². The number of hydrogen-bond donors (Lipinski definition) is 0. The van der Waals surface area contributed by atoms with Gasteiger partial charge in [-0.25, -0.2) is 21.6 Å².